The van der Waals surface area contributed by atoms with Gasteiger partial charge in [0, 0.05) is 30.7 Å². The van der Waals surface area contributed by atoms with Crippen LogP contribution < -0.4 is 10.6 Å². The van der Waals surface area contributed by atoms with E-state index < -0.39 is 6.17 Å². The van der Waals surface area contributed by atoms with Crippen LogP contribution in [0.3, 0.4) is 0 Å². The predicted molar refractivity (Wildman–Crippen MR) is 84.8 cm³/mol. The van der Waals surface area contributed by atoms with Gasteiger partial charge < -0.3 is 15.1 Å². The van der Waals surface area contributed by atoms with E-state index in [4.69, 9.17) is 4.42 Å². The Hall–Kier alpha value is -1.93. The zero-order valence-corrected chi connectivity index (χ0v) is 13.4. The lowest BCUT2D eigenvalue weighted by atomic mass is 10.2. The molecule has 1 saturated heterocycles. The summed E-state index contributed by atoms with van der Waals surface area (Å²) in [6, 6.07) is 3.27. The predicted octanol–water partition coefficient (Wildman–Crippen LogP) is 2.15. The van der Waals surface area contributed by atoms with E-state index in [1.807, 2.05) is 10.3 Å². The molecule has 8 heteroatoms. The number of carbonyl (C=O) groups excluding carboxylic acids is 1. The molecule has 1 aliphatic rings. The van der Waals surface area contributed by atoms with Crippen LogP contribution in [0.1, 0.15) is 17.2 Å². The SMILES string of the molecule is O=C(NCc1ccco1)NC[C@@H]1C[C@H](F)CN1Cc1nccs1. The van der Waals surface area contributed by atoms with E-state index in [-0.39, 0.29) is 12.1 Å². The number of nitrogens with zero attached hydrogens (tertiary/aromatic N) is 2. The fourth-order valence-corrected chi connectivity index (χ4v) is 3.33. The quantitative estimate of drug-likeness (QED) is 0.847. The summed E-state index contributed by atoms with van der Waals surface area (Å²) >= 11 is 1.56. The molecule has 23 heavy (non-hydrogen) atoms. The highest BCUT2D eigenvalue weighted by Gasteiger charge is 2.32. The zero-order valence-electron chi connectivity index (χ0n) is 12.6. The fourth-order valence-electron chi connectivity index (χ4n) is 2.69. The van der Waals surface area contributed by atoms with Crippen molar-refractivity contribution in [1.29, 1.82) is 0 Å². The Balaban J connectivity index is 1.44. The number of hydrogen-bond donors (Lipinski definition) is 2. The Morgan fingerprint density at radius 1 is 1.52 bits per heavy atom. The number of aromatic nitrogens is 1. The number of nitrogens with one attached hydrogen (secondary N) is 2. The van der Waals surface area contributed by atoms with Crippen molar-refractivity contribution in [2.45, 2.75) is 31.7 Å². The molecule has 0 aromatic carbocycles. The lowest BCUT2D eigenvalue weighted by molar-refractivity contribution is 0.218. The first-order chi connectivity index (χ1) is 11.2. The maximum absolute atomic E-state index is 13.7. The summed E-state index contributed by atoms with van der Waals surface area (Å²) in [7, 11) is 0. The molecule has 0 bridgehead atoms. The lowest BCUT2D eigenvalue weighted by Gasteiger charge is -2.23. The third-order valence-corrected chi connectivity index (χ3v) is 4.56. The van der Waals surface area contributed by atoms with E-state index in [0.717, 1.165) is 5.01 Å². The number of amides is 2. The molecule has 6 nitrogen and oxygen atoms in total. The van der Waals surface area contributed by atoms with Gasteiger partial charge in [-0.25, -0.2) is 14.2 Å². The summed E-state index contributed by atoms with van der Waals surface area (Å²) in [6.45, 7) is 1.76. The van der Waals surface area contributed by atoms with Crippen molar-refractivity contribution >= 4 is 17.4 Å². The van der Waals surface area contributed by atoms with Gasteiger partial charge in [0.25, 0.3) is 0 Å². The number of halogens is 1. The van der Waals surface area contributed by atoms with Crippen molar-refractivity contribution in [3.8, 4) is 0 Å². The van der Waals surface area contributed by atoms with Crippen LogP contribution in [-0.2, 0) is 13.1 Å². The number of hydrogen-bond acceptors (Lipinski definition) is 5. The second-order valence-corrected chi connectivity index (χ2v) is 6.46. The van der Waals surface area contributed by atoms with Crippen LogP contribution in [0.15, 0.2) is 34.4 Å². The molecule has 0 spiro atoms. The van der Waals surface area contributed by atoms with Crippen LogP contribution in [0.5, 0.6) is 0 Å². The summed E-state index contributed by atoms with van der Waals surface area (Å²) in [5, 5.41) is 8.39. The number of urea groups is 1. The maximum atomic E-state index is 13.7. The average Bonchev–Trinajstić information content (AvgIpc) is 3.26. The van der Waals surface area contributed by atoms with E-state index in [0.29, 0.717) is 38.4 Å². The van der Waals surface area contributed by atoms with Crippen molar-refractivity contribution in [3.05, 3.63) is 40.7 Å². The molecule has 1 aliphatic heterocycles. The number of thiazole rings is 1. The van der Waals surface area contributed by atoms with Gasteiger partial charge in [-0.1, -0.05) is 0 Å². The van der Waals surface area contributed by atoms with Gasteiger partial charge in [0.1, 0.15) is 16.9 Å². The molecular formula is C15H19FN4O2S. The van der Waals surface area contributed by atoms with Gasteiger partial charge in [0.05, 0.1) is 19.4 Å². The van der Waals surface area contributed by atoms with Crippen LogP contribution in [0, 0.1) is 0 Å². The third kappa shape index (κ3) is 4.52. The highest BCUT2D eigenvalue weighted by Crippen LogP contribution is 2.22. The molecule has 2 atom stereocenters. The molecule has 3 rings (SSSR count). The van der Waals surface area contributed by atoms with Crippen LogP contribution in [0.4, 0.5) is 9.18 Å². The average molecular weight is 338 g/mol. The van der Waals surface area contributed by atoms with E-state index >= 15 is 0 Å². The Labute approximate surface area is 137 Å². The van der Waals surface area contributed by atoms with Gasteiger partial charge in [-0.15, -0.1) is 11.3 Å². The second kappa shape index (κ2) is 7.56. The van der Waals surface area contributed by atoms with Gasteiger partial charge in [-0.05, 0) is 18.6 Å². The molecule has 2 aromatic heterocycles. The Morgan fingerprint density at radius 3 is 3.17 bits per heavy atom. The molecular weight excluding hydrogens is 319 g/mol. The van der Waals surface area contributed by atoms with Crippen molar-refractivity contribution in [2.24, 2.45) is 0 Å². The summed E-state index contributed by atoms with van der Waals surface area (Å²) in [6.07, 6.45) is 2.89. The van der Waals surface area contributed by atoms with E-state index in [1.165, 1.54) is 0 Å². The van der Waals surface area contributed by atoms with Crippen molar-refractivity contribution < 1.29 is 13.6 Å². The van der Waals surface area contributed by atoms with Crippen LogP contribution in [0.2, 0.25) is 0 Å². The van der Waals surface area contributed by atoms with Crippen molar-refractivity contribution in [3.63, 3.8) is 0 Å². The molecule has 1 fully saturated rings. The van der Waals surface area contributed by atoms with Crippen LogP contribution >= 0.6 is 11.3 Å². The minimum atomic E-state index is -0.854. The van der Waals surface area contributed by atoms with E-state index in [9.17, 15) is 9.18 Å². The van der Waals surface area contributed by atoms with Gasteiger partial charge >= 0.3 is 6.03 Å². The largest absolute Gasteiger partial charge is 0.467 e. The number of likely N-dealkylation sites (tertiary alicyclic amines) is 1. The van der Waals surface area contributed by atoms with Crippen LogP contribution in [-0.4, -0.2) is 41.2 Å². The Kier molecular flexibility index (Phi) is 5.24. The first kappa shape index (κ1) is 15.9. The summed E-state index contributed by atoms with van der Waals surface area (Å²) in [5.74, 6) is 0.690. The number of alkyl halides is 1. The number of rotatable bonds is 6. The molecule has 0 radical (unpaired) electrons. The van der Waals surface area contributed by atoms with Gasteiger partial charge in [-0.3, -0.25) is 4.90 Å². The zero-order chi connectivity index (χ0) is 16.1. The second-order valence-electron chi connectivity index (χ2n) is 5.49. The molecule has 2 amide bonds. The van der Waals surface area contributed by atoms with E-state index in [1.54, 1.807) is 35.9 Å². The Morgan fingerprint density at radius 2 is 2.43 bits per heavy atom. The highest BCUT2D eigenvalue weighted by molar-refractivity contribution is 7.09. The molecule has 124 valence electrons. The summed E-state index contributed by atoms with van der Waals surface area (Å²) < 4.78 is 18.9. The van der Waals surface area contributed by atoms with Crippen LogP contribution in [0.25, 0.3) is 0 Å². The number of furan rings is 1. The van der Waals surface area contributed by atoms with E-state index in [2.05, 4.69) is 15.6 Å². The third-order valence-electron chi connectivity index (χ3n) is 3.80. The van der Waals surface area contributed by atoms with Crippen molar-refractivity contribution in [1.82, 2.24) is 20.5 Å². The summed E-state index contributed by atoms with van der Waals surface area (Å²) in [4.78, 5) is 18.1. The molecule has 2 aromatic rings. The first-order valence-corrected chi connectivity index (χ1v) is 8.39. The number of carbonyl (C=O) groups is 1. The standard InChI is InChI=1S/C15H19FN4O2S/c16-11-6-12(20(9-11)10-14-17-3-5-23-14)7-18-15(21)19-8-13-2-1-4-22-13/h1-5,11-12H,6-10H2,(H2,18,19,21)/t11-,12-/m0/s1. The molecule has 2 N–H and O–H groups in total. The molecule has 0 saturated carbocycles. The van der Waals surface area contributed by atoms with Gasteiger partial charge in [-0.2, -0.15) is 0 Å². The van der Waals surface area contributed by atoms with Crippen molar-refractivity contribution in [2.75, 3.05) is 13.1 Å². The highest BCUT2D eigenvalue weighted by atomic mass is 32.1. The van der Waals surface area contributed by atoms with Gasteiger partial charge in [0.2, 0.25) is 0 Å². The fraction of sp³-hybridized carbons (Fsp3) is 0.467. The smallest absolute Gasteiger partial charge is 0.315 e. The molecule has 0 unspecified atom stereocenters. The van der Waals surface area contributed by atoms with Gasteiger partial charge in [0.15, 0.2) is 0 Å². The Bertz CT molecular complexity index is 605. The monoisotopic (exact) mass is 338 g/mol. The maximum Gasteiger partial charge on any atom is 0.315 e. The lowest BCUT2D eigenvalue weighted by Crippen LogP contribution is -2.43. The molecule has 0 aliphatic carbocycles. The minimum absolute atomic E-state index is 0.0109. The minimum Gasteiger partial charge on any atom is -0.467 e. The topological polar surface area (TPSA) is 70.4 Å². The summed E-state index contributed by atoms with van der Waals surface area (Å²) in [5.41, 5.74) is 0. The first-order valence-electron chi connectivity index (χ1n) is 7.51. The molecule has 3 heterocycles. The normalized spacial score (nSPS) is 21.4.